The van der Waals surface area contributed by atoms with Crippen LogP contribution in [-0.4, -0.2) is 87.5 Å². The monoisotopic (exact) mass is 613 g/mol. The molecule has 5 atom stereocenters. The number of rotatable bonds is 10. The van der Waals surface area contributed by atoms with Crippen LogP contribution in [0.15, 0.2) is 0 Å². The number of aliphatic hydroxyl groups is 5. The predicted octanol–water partition coefficient (Wildman–Crippen LogP) is 3.75. The summed E-state index contributed by atoms with van der Waals surface area (Å²) in [7, 11) is 0. The zero-order valence-electron chi connectivity index (χ0n) is 25.5. The third-order valence-corrected chi connectivity index (χ3v) is 2.35. The van der Waals surface area contributed by atoms with Crippen LogP contribution in [-0.2, 0) is 46.1 Å². The van der Waals surface area contributed by atoms with Gasteiger partial charge in [-0.15, -0.1) is 0 Å². The van der Waals surface area contributed by atoms with Gasteiger partial charge in [0.15, 0.2) is 31.5 Å². The van der Waals surface area contributed by atoms with E-state index in [4.69, 9.17) is 49.2 Å². The summed E-state index contributed by atoms with van der Waals surface area (Å²) in [6.45, 7) is 26.8. The molecule has 0 fully saturated rings. The van der Waals surface area contributed by atoms with E-state index in [1.54, 1.807) is 34.6 Å². The van der Waals surface area contributed by atoms with E-state index in [-0.39, 0.29) is 52.9 Å². The molecule has 0 heterocycles. The third-order valence-electron chi connectivity index (χ3n) is 2.35. The Hall–Kier alpha value is 0.340. The smallest absolute Gasteiger partial charge is 0.152 e. The SMILES string of the molecule is CC(C)OC(C)O.CC(C)OC(C)O.CC(C)OC(C)O.CC(C)OC(C)O.CC(C)OC(C)O.[Nb]. The summed E-state index contributed by atoms with van der Waals surface area (Å²) in [5, 5.41) is 42.5. The van der Waals surface area contributed by atoms with Gasteiger partial charge in [0, 0.05) is 22.4 Å². The normalized spacial score (nSPS) is 14.6. The molecule has 0 rings (SSSR count). The summed E-state index contributed by atoms with van der Waals surface area (Å²) in [6.07, 6.45) is -2.50. The van der Waals surface area contributed by atoms with E-state index >= 15 is 0 Å². The molecule has 0 amide bonds. The van der Waals surface area contributed by atoms with Crippen LogP contribution in [0.4, 0.5) is 0 Å². The average Bonchev–Trinajstić information content (AvgIpc) is 2.49. The molecule has 11 heteroatoms. The Morgan fingerprint density at radius 1 is 0.278 bits per heavy atom. The van der Waals surface area contributed by atoms with Crippen LogP contribution >= 0.6 is 0 Å². The molecule has 10 nitrogen and oxygen atoms in total. The molecule has 0 bridgehead atoms. The molecule has 0 aromatic carbocycles. The molecule has 0 aliphatic rings. The zero-order chi connectivity index (χ0) is 29.3. The van der Waals surface area contributed by atoms with Crippen molar-refractivity contribution in [3.8, 4) is 0 Å². The van der Waals surface area contributed by atoms with Crippen molar-refractivity contribution in [2.24, 2.45) is 0 Å². The van der Waals surface area contributed by atoms with Crippen molar-refractivity contribution in [3.63, 3.8) is 0 Å². The molecule has 36 heavy (non-hydrogen) atoms. The molecular weight excluding hydrogens is 553 g/mol. The summed E-state index contributed by atoms with van der Waals surface area (Å²) in [5.74, 6) is 0. The van der Waals surface area contributed by atoms with Gasteiger partial charge < -0.3 is 49.2 Å². The van der Waals surface area contributed by atoms with Gasteiger partial charge in [0.1, 0.15) is 0 Å². The minimum Gasteiger partial charge on any atom is -0.368 e. The molecule has 0 aliphatic carbocycles. The first-order valence-electron chi connectivity index (χ1n) is 12.3. The van der Waals surface area contributed by atoms with Crippen molar-refractivity contribution in [2.45, 2.75) is 166 Å². The van der Waals surface area contributed by atoms with E-state index in [0.717, 1.165) is 0 Å². The Morgan fingerprint density at radius 3 is 0.361 bits per heavy atom. The van der Waals surface area contributed by atoms with Crippen LogP contribution in [0, 0.1) is 0 Å². The van der Waals surface area contributed by atoms with Crippen molar-refractivity contribution in [3.05, 3.63) is 0 Å². The van der Waals surface area contributed by atoms with Gasteiger partial charge in [-0.3, -0.25) is 0 Å². The second-order valence-electron chi connectivity index (χ2n) is 8.92. The van der Waals surface area contributed by atoms with Gasteiger partial charge in [-0.25, -0.2) is 0 Å². The fraction of sp³-hybridized carbons (Fsp3) is 1.00. The molecule has 0 spiro atoms. The third kappa shape index (κ3) is 92.3. The Kier molecular flexibility index (Phi) is 45.7. The molecule has 0 aromatic heterocycles. The summed E-state index contributed by atoms with van der Waals surface area (Å²) in [4.78, 5) is 0. The molecule has 5 unspecified atom stereocenters. The number of aliphatic hydroxyl groups excluding tert-OH is 5. The minimum absolute atomic E-state index is 0. The largest absolute Gasteiger partial charge is 0.368 e. The molecule has 0 aromatic rings. The van der Waals surface area contributed by atoms with E-state index in [9.17, 15) is 0 Å². The number of ether oxygens (including phenoxy) is 5. The second kappa shape index (κ2) is 33.4. The summed E-state index contributed by atoms with van der Waals surface area (Å²) in [5.41, 5.74) is 0. The van der Waals surface area contributed by atoms with Gasteiger partial charge in [0.25, 0.3) is 0 Å². The molecule has 1 radical (unpaired) electrons. The maximum atomic E-state index is 8.50. The maximum absolute atomic E-state index is 8.50. The van der Waals surface area contributed by atoms with Crippen LogP contribution in [0.3, 0.4) is 0 Å². The van der Waals surface area contributed by atoms with Crippen molar-refractivity contribution < 1.29 is 71.6 Å². The van der Waals surface area contributed by atoms with Gasteiger partial charge in [-0.2, -0.15) is 0 Å². The van der Waals surface area contributed by atoms with Crippen LogP contribution in [0.2, 0.25) is 0 Å². The van der Waals surface area contributed by atoms with Crippen molar-refractivity contribution in [1.29, 1.82) is 0 Å². The fourth-order valence-corrected chi connectivity index (χ4v) is 1.97. The maximum Gasteiger partial charge on any atom is 0.152 e. The first-order valence-corrected chi connectivity index (χ1v) is 12.3. The fourth-order valence-electron chi connectivity index (χ4n) is 1.97. The van der Waals surface area contributed by atoms with Gasteiger partial charge in [0.2, 0.25) is 0 Å². The van der Waals surface area contributed by atoms with Gasteiger partial charge >= 0.3 is 0 Å². The molecular formula is C25H60NbO10. The first-order chi connectivity index (χ1) is 15.6. The second-order valence-corrected chi connectivity index (χ2v) is 8.92. The van der Waals surface area contributed by atoms with Crippen LogP contribution in [0.5, 0.6) is 0 Å². The Bertz CT molecular complexity index is 265. The van der Waals surface area contributed by atoms with Crippen molar-refractivity contribution in [1.82, 2.24) is 0 Å². The Balaban J connectivity index is -0.0000000776. The van der Waals surface area contributed by atoms with Gasteiger partial charge in [-0.1, -0.05) is 0 Å². The van der Waals surface area contributed by atoms with Crippen molar-refractivity contribution >= 4 is 0 Å². The molecule has 225 valence electrons. The average molecular weight is 614 g/mol. The zero-order valence-corrected chi connectivity index (χ0v) is 27.7. The summed E-state index contributed by atoms with van der Waals surface area (Å²) < 4.78 is 24.0. The van der Waals surface area contributed by atoms with E-state index in [1.165, 1.54) is 0 Å². The van der Waals surface area contributed by atoms with Crippen LogP contribution in [0.25, 0.3) is 0 Å². The molecule has 0 saturated carbocycles. The van der Waals surface area contributed by atoms with E-state index in [2.05, 4.69) is 0 Å². The summed E-state index contributed by atoms with van der Waals surface area (Å²) >= 11 is 0. The quantitative estimate of drug-likeness (QED) is 0.182. The van der Waals surface area contributed by atoms with Crippen LogP contribution < -0.4 is 0 Å². The van der Waals surface area contributed by atoms with E-state index in [1.807, 2.05) is 69.2 Å². The Morgan fingerprint density at radius 2 is 0.361 bits per heavy atom. The Labute approximate surface area is 237 Å². The summed E-state index contributed by atoms with van der Waals surface area (Å²) in [6, 6.07) is 0. The van der Waals surface area contributed by atoms with Gasteiger partial charge in [-0.05, 0) is 104 Å². The number of hydrogen-bond donors (Lipinski definition) is 5. The van der Waals surface area contributed by atoms with Crippen LogP contribution in [0.1, 0.15) is 104 Å². The molecule has 0 aliphatic heterocycles. The minimum atomic E-state index is -0.625. The van der Waals surface area contributed by atoms with E-state index < -0.39 is 31.5 Å². The van der Waals surface area contributed by atoms with E-state index in [0.29, 0.717) is 0 Å². The standard InChI is InChI=1S/5C5H12O2.Nb/c5*1-4(2)7-5(3)6;/h5*4-6H,1-3H3;. The number of hydrogen-bond acceptors (Lipinski definition) is 10. The van der Waals surface area contributed by atoms with Gasteiger partial charge in [0.05, 0.1) is 30.5 Å². The molecule has 5 N–H and O–H groups in total. The first kappa shape index (κ1) is 49.3. The topological polar surface area (TPSA) is 147 Å². The molecule has 0 saturated heterocycles. The van der Waals surface area contributed by atoms with Crippen molar-refractivity contribution in [2.75, 3.05) is 0 Å². The predicted molar refractivity (Wildman–Crippen MR) is 140 cm³/mol.